The standard InChI is InChI=1S/C18H28N2O3/c1-6-15(11-23-5)19-16(21)7-8-17(22)20-18-13(3)9-12(2)10-14(18)4/h9-10,15H,6-8,11H2,1-5H3,(H,19,21)(H,20,22)/t15-/m1/s1. The summed E-state index contributed by atoms with van der Waals surface area (Å²) in [6, 6.07) is 4.06. The van der Waals surface area contributed by atoms with Crippen molar-refractivity contribution in [1.82, 2.24) is 5.32 Å². The summed E-state index contributed by atoms with van der Waals surface area (Å²) >= 11 is 0. The molecule has 0 heterocycles. The zero-order valence-corrected chi connectivity index (χ0v) is 14.8. The lowest BCUT2D eigenvalue weighted by molar-refractivity contribution is -0.125. The Bertz CT molecular complexity index is 532. The normalized spacial score (nSPS) is 11.9. The van der Waals surface area contributed by atoms with Crippen molar-refractivity contribution in [2.45, 2.75) is 53.0 Å². The number of benzene rings is 1. The highest BCUT2D eigenvalue weighted by atomic mass is 16.5. The van der Waals surface area contributed by atoms with Crippen LogP contribution in [-0.2, 0) is 14.3 Å². The third kappa shape index (κ3) is 6.40. The summed E-state index contributed by atoms with van der Waals surface area (Å²) in [5, 5.41) is 5.78. The second kappa shape index (κ2) is 9.30. The minimum atomic E-state index is -0.144. The Morgan fingerprint density at radius 1 is 1.09 bits per heavy atom. The lowest BCUT2D eigenvalue weighted by atomic mass is 10.0. The second-order valence-electron chi connectivity index (χ2n) is 5.95. The molecule has 0 unspecified atom stereocenters. The number of rotatable bonds is 8. The number of hydrogen-bond donors (Lipinski definition) is 2. The summed E-state index contributed by atoms with van der Waals surface area (Å²) in [6.45, 7) is 8.44. The number of carbonyl (C=O) groups is 2. The predicted octanol–water partition coefficient (Wildman–Crippen LogP) is 2.87. The van der Waals surface area contributed by atoms with Gasteiger partial charge in [0.25, 0.3) is 0 Å². The summed E-state index contributed by atoms with van der Waals surface area (Å²) < 4.78 is 5.04. The summed E-state index contributed by atoms with van der Waals surface area (Å²) in [5.74, 6) is -0.267. The summed E-state index contributed by atoms with van der Waals surface area (Å²) in [5.41, 5.74) is 4.07. The van der Waals surface area contributed by atoms with Gasteiger partial charge in [-0.15, -0.1) is 0 Å². The fourth-order valence-electron chi connectivity index (χ4n) is 2.57. The Kier molecular flexibility index (Phi) is 7.75. The molecule has 0 spiro atoms. The van der Waals surface area contributed by atoms with Gasteiger partial charge in [-0.2, -0.15) is 0 Å². The van der Waals surface area contributed by atoms with Crippen molar-refractivity contribution in [3.05, 3.63) is 28.8 Å². The molecule has 0 fully saturated rings. The third-order valence-corrected chi connectivity index (χ3v) is 3.75. The maximum atomic E-state index is 12.1. The lowest BCUT2D eigenvalue weighted by Gasteiger charge is -2.16. The molecule has 0 radical (unpaired) electrons. The van der Waals surface area contributed by atoms with Crippen LogP contribution in [0.2, 0.25) is 0 Å². The van der Waals surface area contributed by atoms with Crippen LogP contribution in [0.5, 0.6) is 0 Å². The highest BCUT2D eigenvalue weighted by Crippen LogP contribution is 2.22. The first-order valence-corrected chi connectivity index (χ1v) is 8.03. The van der Waals surface area contributed by atoms with Crippen LogP contribution >= 0.6 is 0 Å². The first kappa shape index (κ1) is 19.2. The monoisotopic (exact) mass is 320 g/mol. The van der Waals surface area contributed by atoms with Crippen molar-refractivity contribution in [3.63, 3.8) is 0 Å². The molecule has 5 heteroatoms. The molecule has 5 nitrogen and oxygen atoms in total. The largest absolute Gasteiger partial charge is 0.383 e. The van der Waals surface area contributed by atoms with Gasteiger partial charge in [-0.25, -0.2) is 0 Å². The zero-order valence-electron chi connectivity index (χ0n) is 14.8. The van der Waals surface area contributed by atoms with E-state index in [2.05, 4.69) is 10.6 Å². The van der Waals surface area contributed by atoms with Gasteiger partial charge in [0, 0.05) is 25.6 Å². The van der Waals surface area contributed by atoms with Crippen LogP contribution in [0, 0.1) is 20.8 Å². The molecular formula is C18H28N2O3. The molecule has 0 aromatic heterocycles. The molecule has 0 aliphatic heterocycles. The zero-order chi connectivity index (χ0) is 17.4. The third-order valence-electron chi connectivity index (χ3n) is 3.75. The second-order valence-corrected chi connectivity index (χ2v) is 5.95. The van der Waals surface area contributed by atoms with Crippen molar-refractivity contribution in [3.8, 4) is 0 Å². The van der Waals surface area contributed by atoms with E-state index in [0.29, 0.717) is 6.61 Å². The fraction of sp³-hybridized carbons (Fsp3) is 0.556. The van der Waals surface area contributed by atoms with Gasteiger partial charge in [0.2, 0.25) is 11.8 Å². The number of methoxy groups -OCH3 is 1. The van der Waals surface area contributed by atoms with Crippen LogP contribution in [0.1, 0.15) is 42.9 Å². The molecule has 1 aromatic carbocycles. The van der Waals surface area contributed by atoms with Gasteiger partial charge in [0.1, 0.15) is 0 Å². The molecule has 1 atom stereocenters. The van der Waals surface area contributed by atoms with Crippen molar-refractivity contribution in [2.75, 3.05) is 19.0 Å². The molecule has 1 aromatic rings. The molecule has 2 amide bonds. The van der Waals surface area contributed by atoms with Crippen LogP contribution in [0.3, 0.4) is 0 Å². The van der Waals surface area contributed by atoms with Crippen molar-refractivity contribution < 1.29 is 14.3 Å². The van der Waals surface area contributed by atoms with E-state index < -0.39 is 0 Å². The molecule has 0 saturated carbocycles. The highest BCUT2D eigenvalue weighted by molar-refractivity contribution is 5.94. The van der Waals surface area contributed by atoms with E-state index in [4.69, 9.17) is 4.74 Å². The minimum Gasteiger partial charge on any atom is -0.383 e. The maximum Gasteiger partial charge on any atom is 0.224 e. The molecule has 2 N–H and O–H groups in total. The van der Waals surface area contributed by atoms with E-state index >= 15 is 0 Å². The smallest absolute Gasteiger partial charge is 0.224 e. The number of nitrogens with one attached hydrogen (secondary N) is 2. The average Bonchev–Trinajstić information content (AvgIpc) is 2.48. The number of amides is 2. The summed E-state index contributed by atoms with van der Waals surface area (Å²) in [6.07, 6.45) is 1.14. The molecular weight excluding hydrogens is 292 g/mol. The maximum absolute atomic E-state index is 12.1. The van der Waals surface area contributed by atoms with Crippen LogP contribution in [0.25, 0.3) is 0 Å². The SMILES string of the molecule is CC[C@H](COC)NC(=O)CCC(=O)Nc1c(C)cc(C)cc1C. The van der Waals surface area contributed by atoms with Crippen molar-refractivity contribution in [2.24, 2.45) is 0 Å². The van der Waals surface area contributed by atoms with Crippen LogP contribution in [0.15, 0.2) is 12.1 Å². The van der Waals surface area contributed by atoms with Gasteiger partial charge in [-0.1, -0.05) is 24.6 Å². The van der Waals surface area contributed by atoms with Gasteiger partial charge in [-0.3, -0.25) is 9.59 Å². The Balaban J connectivity index is 2.50. The Morgan fingerprint density at radius 2 is 1.65 bits per heavy atom. The van der Waals surface area contributed by atoms with E-state index in [0.717, 1.165) is 23.2 Å². The van der Waals surface area contributed by atoms with Gasteiger partial charge in [0.15, 0.2) is 0 Å². The van der Waals surface area contributed by atoms with Crippen LogP contribution in [-0.4, -0.2) is 31.6 Å². The average molecular weight is 320 g/mol. The predicted molar refractivity (Wildman–Crippen MR) is 92.6 cm³/mol. The van der Waals surface area contributed by atoms with Gasteiger partial charge in [0.05, 0.1) is 12.6 Å². The van der Waals surface area contributed by atoms with Crippen molar-refractivity contribution in [1.29, 1.82) is 0 Å². The van der Waals surface area contributed by atoms with Gasteiger partial charge < -0.3 is 15.4 Å². The molecule has 1 rings (SSSR count). The summed E-state index contributed by atoms with van der Waals surface area (Å²) in [7, 11) is 1.61. The number of carbonyl (C=O) groups excluding carboxylic acids is 2. The van der Waals surface area contributed by atoms with E-state index in [1.807, 2.05) is 39.8 Å². The van der Waals surface area contributed by atoms with Gasteiger partial charge >= 0.3 is 0 Å². The topological polar surface area (TPSA) is 67.4 Å². The van der Waals surface area contributed by atoms with E-state index in [1.54, 1.807) is 7.11 Å². The molecule has 0 aliphatic carbocycles. The highest BCUT2D eigenvalue weighted by Gasteiger charge is 2.13. The lowest BCUT2D eigenvalue weighted by Crippen LogP contribution is -2.37. The van der Waals surface area contributed by atoms with Crippen LogP contribution in [0.4, 0.5) is 5.69 Å². The Hall–Kier alpha value is -1.88. The molecule has 23 heavy (non-hydrogen) atoms. The van der Waals surface area contributed by atoms with E-state index in [-0.39, 0.29) is 30.7 Å². The number of aryl methyl sites for hydroxylation is 3. The van der Waals surface area contributed by atoms with E-state index in [9.17, 15) is 9.59 Å². The first-order chi connectivity index (χ1) is 10.9. The number of anilines is 1. The van der Waals surface area contributed by atoms with Gasteiger partial charge in [-0.05, 0) is 38.3 Å². The first-order valence-electron chi connectivity index (χ1n) is 8.03. The summed E-state index contributed by atoms with van der Waals surface area (Å²) in [4.78, 5) is 23.9. The number of ether oxygens (including phenoxy) is 1. The quantitative estimate of drug-likeness (QED) is 0.774. The molecule has 0 saturated heterocycles. The van der Waals surface area contributed by atoms with Crippen LogP contribution < -0.4 is 10.6 Å². The fourth-order valence-corrected chi connectivity index (χ4v) is 2.57. The van der Waals surface area contributed by atoms with E-state index in [1.165, 1.54) is 5.56 Å². The molecule has 128 valence electrons. The Morgan fingerprint density at radius 3 is 2.17 bits per heavy atom. The number of hydrogen-bond acceptors (Lipinski definition) is 3. The van der Waals surface area contributed by atoms with Crippen molar-refractivity contribution >= 4 is 17.5 Å². The Labute approximate surface area is 138 Å². The molecule has 0 aliphatic rings. The minimum absolute atomic E-state index is 0.00264. The molecule has 0 bridgehead atoms.